The average molecular weight is 378 g/mol. The second-order valence-electron chi connectivity index (χ2n) is 6.64. The van der Waals surface area contributed by atoms with Crippen LogP contribution < -0.4 is 4.90 Å². The van der Waals surface area contributed by atoms with Crippen molar-refractivity contribution < 1.29 is 17.7 Å². The highest BCUT2D eigenvalue weighted by Crippen LogP contribution is 2.41. The van der Waals surface area contributed by atoms with Gasteiger partial charge in [0, 0.05) is 24.8 Å². The molecule has 0 amide bonds. The molecule has 2 atom stereocenters. The summed E-state index contributed by atoms with van der Waals surface area (Å²) in [5.41, 5.74) is 0.874. The maximum atomic E-state index is 13.1. The van der Waals surface area contributed by atoms with Gasteiger partial charge in [0.1, 0.15) is 16.4 Å². The van der Waals surface area contributed by atoms with Gasteiger partial charge in [-0.15, -0.1) is 0 Å². The Labute approximate surface area is 151 Å². The topological polar surface area (TPSA) is 80.5 Å². The minimum atomic E-state index is -3.73. The summed E-state index contributed by atoms with van der Waals surface area (Å²) in [7, 11) is -3.73. The van der Waals surface area contributed by atoms with Crippen LogP contribution in [0.5, 0.6) is 0 Å². The number of anilines is 1. The molecule has 2 unspecified atom stereocenters. The molecule has 1 aliphatic heterocycles. The molecule has 8 heteroatoms. The fourth-order valence-corrected chi connectivity index (χ4v) is 4.42. The van der Waals surface area contributed by atoms with Gasteiger partial charge in [-0.3, -0.25) is 10.1 Å². The first-order chi connectivity index (χ1) is 12.2. The fraction of sp³-hybridized carbons (Fsp3) is 0.333. The van der Waals surface area contributed by atoms with Gasteiger partial charge in [-0.2, -0.15) is 0 Å². The van der Waals surface area contributed by atoms with Gasteiger partial charge in [0.05, 0.1) is 4.92 Å². The Morgan fingerprint density at radius 2 is 1.85 bits per heavy atom. The van der Waals surface area contributed by atoms with E-state index in [0.717, 1.165) is 18.2 Å². The number of rotatable bonds is 4. The zero-order chi connectivity index (χ0) is 19.1. The van der Waals surface area contributed by atoms with Gasteiger partial charge >= 0.3 is 5.69 Å². The Hall–Kier alpha value is -2.48. The van der Waals surface area contributed by atoms with E-state index >= 15 is 0 Å². The number of para-hydroxylation sites is 1. The predicted molar refractivity (Wildman–Crippen MR) is 96.8 cm³/mol. The lowest BCUT2D eigenvalue weighted by Gasteiger charge is -2.24. The lowest BCUT2D eigenvalue weighted by atomic mass is 9.97. The minimum Gasteiger partial charge on any atom is -0.363 e. The second kappa shape index (κ2) is 6.68. The van der Waals surface area contributed by atoms with Crippen molar-refractivity contribution in [1.29, 1.82) is 0 Å². The largest absolute Gasteiger partial charge is 0.363 e. The zero-order valence-electron chi connectivity index (χ0n) is 14.4. The van der Waals surface area contributed by atoms with Gasteiger partial charge in [0.25, 0.3) is 0 Å². The maximum Gasteiger partial charge on any atom is 0.311 e. The number of sulfone groups is 1. The summed E-state index contributed by atoms with van der Waals surface area (Å²) in [4.78, 5) is 12.6. The smallest absolute Gasteiger partial charge is 0.311 e. The molecule has 0 bridgehead atoms. The number of benzene rings is 2. The van der Waals surface area contributed by atoms with E-state index in [4.69, 9.17) is 0 Å². The molecule has 6 nitrogen and oxygen atoms in total. The van der Waals surface area contributed by atoms with Crippen LogP contribution in [-0.2, 0) is 9.84 Å². The molecule has 2 aromatic rings. The van der Waals surface area contributed by atoms with E-state index < -0.39 is 14.8 Å². The number of nitro groups is 1. The summed E-state index contributed by atoms with van der Waals surface area (Å²) < 4.78 is 37.1. The Morgan fingerprint density at radius 1 is 1.19 bits per heavy atom. The molecular formula is C18H19FN2O4S. The number of nitro benzene ring substituents is 1. The molecule has 0 aromatic heterocycles. The van der Waals surface area contributed by atoms with Crippen LogP contribution in [0, 0.1) is 15.9 Å². The van der Waals surface area contributed by atoms with Crippen LogP contribution in [0.1, 0.15) is 24.8 Å². The Balaban J connectivity index is 2.01. The van der Waals surface area contributed by atoms with Crippen molar-refractivity contribution in [2.24, 2.45) is 0 Å². The van der Waals surface area contributed by atoms with Crippen LogP contribution in [0.4, 0.5) is 15.8 Å². The Morgan fingerprint density at radius 3 is 2.42 bits per heavy atom. The van der Waals surface area contributed by atoms with Crippen molar-refractivity contribution in [3.05, 3.63) is 64.0 Å². The molecule has 26 heavy (non-hydrogen) atoms. The van der Waals surface area contributed by atoms with Crippen LogP contribution in [0.15, 0.2) is 47.4 Å². The molecule has 1 saturated heterocycles. The normalized spacial score (nSPS) is 20.3. The summed E-state index contributed by atoms with van der Waals surface area (Å²) >= 11 is 0. The van der Waals surface area contributed by atoms with Crippen LogP contribution in [-0.4, -0.2) is 32.2 Å². The number of hydrogen-bond donors (Lipinski definition) is 0. The molecule has 1 aliphatic rings. The highest BCUT2D eigenvalue weighted by molar-refractivity contribution is 7.90. The van der Waals surface area contributed by atoms with Crippen LogP contribution in [0.2, 0.25) is 0 Å². The number of hydrogen-bond acceptors (Lipinski definition) is 5. The van der Waals surface area contributed by atoms with E-state index in [1.807, 2.05) is 11.8 Å². The first kappa shape index (κ1) is 18.3. The SMILES string of the molecule is CC1CC(c2ccc(F)cc2)CN1c1cccc(S(C)(=O)=O)c1[N+](=O)[O-]. The quantitative estimate of drug-likeness (QED) is 0.601. The van der Waals surface area contributed by atoms with E-state index in [1.165, 1.54) is 24.3 Å². The van der Waals surface area contributed by atoms with Gasteiger partial charge in [-0.1, -0.05) is 18.2 Å². The second-order valence-corrected chi connectivity index (χ2v) is 8.62. The van der Waals surface area contributed by atoms with Gasteiger partial charge in [-0.05, 0) is 43.2 Å². The molecule has 1 fully saturated rings. The van der Waals surface area contributed by atoms with Gasteiger partial charge in [0.2, 0.25) is 0 Å². The monoisotopic (exact) mass is 378 g/mol. The molecule has 0 aliphatic carbocycles. The molecule has 138 valence electrons. The molecule has 2 aromatic carbocycles. The predicted octanol–water partition coefficient (Wildman–Crippen LogP) is 3.52. The van der Waals surface area contributed by atoms with Gasteiger partial charge in [0.15, 0.2) is 9.84 Å². The first-order valence-electron chi connectivity index (χ1n) is 8.18. The van der Waals surface area contributed by atoms with Crippen molar-refractivity contribution in [2.45, 2.75) is 30.2 Å². The fourth-order valence-electron chi connectivity index (χ4n) is 3.57. The van der Waals surface area contributed by atoms with Crippen LogP contribution in [0.3, 0.4) is 0 Å². The van der Waals surface area contributed by atoms with Crippen molar-refractivity contribution in [3.63, 3.8) is 0 Å². The number of nitrogens with zero attached hydrogens (tertiary/aromatic N) is 2. The Kier molecular flexibility index (Phi) is 4.70. The Bertz CT molecular complexity index is 944. The minimum absolute atomic E-state index is 0.0152. The van der Waals surface area contributed by atoms with Gasteiger partial charge < -0.3 is 4.90 Å². The van der Waals surface area contributed by atoms with Crippen molar-refractivity contribution in [2.75, 3.05) is 17.7 Å². The van der Waals surface area contributed by atoms with E-state index in [9.17, 15) is 22.9 Å². The first-order valence-corrected chi connectivity index (χ1v) is 10.1. The molecule has 1 heterocycles. The van der Waals surface area contributed by atoms with Crippen LogP contribution >= 0.6 is 0 Å². The molecule has 3 rings (SSSR count). The maximum absolute atomic E-state index is 13.1. The summed E-state index contributed by atoms with van der Waals surface area (Å²) in [6.07, 6.45) is 1.71. The zero-order valence-corrected chi connectivity index (χ0v) is 15.2. The summed E-state index contributed by atoms with van der Waals surface area (Å²) in [5.74, 6) is -0.222. The molecular weight excluding hydrogens is 359 g/mol. The molecule has 0 radical (unpaired) electrons. The standard InChI is InChI=1S/C18H19FN2O4S/c1-12-10-14(13-6-8-15(19)9-7-13)11-20(12)16-4-3-5-17(26(2,24)25)18(16)21(22)23/h3-9,12,14H,10-11H2,1-2H3. The third-order valence-corrected chi connectivity index (χ3v) is 5.91. The third kappa shape index (κ3) is 3.41. The third-order valence-electron chi connectivity index (χ3n) is 4.79. The van der Waals surface area contributed by atoms with E-state index in [1.54, 1.807) is 18.2 Å². The average Bonchev–Trinajstić information content (AvgIpc) is 2.95. The van der Waals surface area contributed by atoms with Crippen molar-refractivity contribution >= 4 is 21.2 Å². The molecule has 0 spiro atoms. The van der Waals surface area contributed by atoms with E-state index in [-0.39, 0.29) is 28.4 Å². The number of halogens is 1. The summed E-state index contributed by atoms with van der Waals surface area (Å²) in [6, 6.07) is 10.6. The van der Waals surface area contributed by atoms with Crippen molar-refractivity contribution in [3.8, 4) is 0 Å². The van der Waals surface area contributed by atoms with Crippen LogP contribution in [0.25, 0.3) is 0 Å². The molecule has 0 saturated carbocycles. The molecule has 0 N–H and O–H groups in total. The summed E-state index contributed by atoms with van der Waals surface area (Å²) in [6.45, 7) is 2.45. The highest BCUT2D eigenvalue weighted by atomic mass is 32.2. The lowest BCUT2D eigenvalue weighted by Crippen LogP contribution is -2.27. The van der Waals surface area contributed by atoms with E-state index in [0.29, 0.717) is 12.2 Å². The van der Waals surface area contributed by atoms with Gasteiger partial charge in [-0.25, -0.2) is 12.8 Å². The summed E-state index contributed by atoms with van der Waals surface area (Å²) in [5, 5.41) is 11.6. The lowest BCUT2D eigenvalue weighted by molar-refractivity contribution is -0.387. The van der Waals surface area contributed by atoms with E-state index in [2.05, 4.69) is 0 Å². The van der Waals surface area contributed by atoms with Crippen molar-refractivity contribution in [1.82, 2.24) is 0 Å². The highest BCUT2D eigenvalue weighted by Gasteiger charge is 2.36.